The van der Waals surface area contributed by atoms with E-state index in [1.807, 2.05) is 0 Å². The second-order valence-corrected chi connectivity index (χ2v) is 7.92. The van der Waals surface area contributed by atoms with Gasteiger partial charge in [0.1, 0.15) is 5.82 Å². The van der Waals surface area contributed by atoms with Crippen LogP contribution in [0, 0.1) is 5.82 Å². The van der Waals surface area contributed by atoms with Crippen molar-refractivity contribution >= 4 is 15.5 Å². The first-order valence-corrected chi connectivity index (χ1v) is 8.41. The fourth-order valence-corrected chi connectivity index (χ4v) is 5.06. The Labute approximate surface area is 118 Å². The normalized spacial score (nSPS) is 25.4. The van der Waals surface area contributed by atoms with Gasteiger partial charge in [-0.15, -0.1) is 0 Å². The Balaban J connectivity index is 1.91. The predicted molar refractivity (Wildman–Crippen MR) is 73.6 cm³/mol. The third kappa shape index (κ3) is 2.20. The SMILES string of the molecule is Nc1cc(F)ccc1S(=O)(=O)C1CCOC2(CCC2)C1. The van der Waals surface area contributed by atoms with Crippen LogP contribution in [0.2, 0.25) is 0 Å². The highest BCUT2D eigenvalue weighted by molar-refractivity contribution is 7.92. The summed E-state index contributed by atoms with van der Waals surface area (Å²) in [5.41, 5.74) is 5.42. The van der Waals surface area contributed by atoms with Gasteiger partial charge in [0.15, 0.2) is 9.84 Å². The molecule has 2 aliphatic rings. The summed E-state index contributed by atoms with van der Waals surface area (Å²) in [6, 6.07) is 3.47. The van der Waals surface area contributed by atoms with Crippen molar-refractivity contribution in [3.8, 4) is 0 Å². The highest BCUT2D eigenvalue weighted by Gasteiger charge is 2.46. The van der Waals surface area contributed by atoms with Gasteiger partial charge in [0.2, 0.25) is 0 Å². The van der Waals surface area contributed by atoms with E-state index >= 15 is 0 Å². The van der Waals surface area contributed by atoms with Crippen LogP contribution in [0.3, 0.4) is 0 Å². The second-order valence-electron chi connectivity index (χ2n) is 5.73. The van der Waals surface area contributed by atoms with Crippen molar-refractivity contribution in [2.24, 2.45) is 0 Å². The number of nitrogen functional groups attached to an aromatic ring is 1. The van der Waals surface area contributed by atoms with Gasteiger partial charge in [0, 0.05) is 6.61 Å². The van der Waals surface area contributed by atoms with Gasteiger partial charge < -0.3 is 10.5 Å². The molecule has 6 heteroatoms. The van der Waals surface area contributed by atoms with E-state index in [0.717, 1.165) is 31.4 Å². The lowest BCUT2D eigenvalue weighted by Crippen LogP contribution is -2.49. The number of rotatable bonds is 2. The van der Waals surface area contributed by atoms with Crippen LogP contribution in [-0.4, -0.2) is 25.9 Å². The first-order valence-electron chi connectivity index (χ1n) is 6.86. The van der Waals surface area contributed by atoms with Gasteiger partial charge in [-0.25, -0.2) is 12.8 Å². The van der Waals surface area contributed by atoms with Gasteiger partial charge in [-0.05, 0) is 50.3 Å². The Kier molecular flexibility index (Phi) is 3.25. The van der Waals surface area contributed by atoms with Gasteiger partial charge in [-0.1, -0.05) is 0 Å². The molecule has 1 aliphatic heterocycles. The summed E-state index contributed by atoms with van der Waals surface area (Å²) in [7, 11) is -3.53. The van der Waals surface area contributed by atoms with Crippen LogP contribution in [0.1, 0.15) is 32.1 Å². The Morgan fingerprint density at radius 3 is 2.70 bits per heavy atom. The van der Waals surface area contributed by atoms with Gasteiger partial charge >= 0.3 is 0 Å². The summed E-state index contributed by atoms with van der Waals surface area (Å²) >= 11 is 0. The lowest BCUT2D eigenvalue weighted by molar-refractivity contribution is -0.125. The number of anilines is 1. The maximum atomic E-state index is 13.1. The van der Waals surface area contributed by atoms with Gasteiger partial charge in [0.25, 0.3) is 0 Å². The second kappa shape index (κ2) is 4.70. The first kappa shape index (κ1) is 13.8. The summed E-state index contributed by atoms with van der Waals surface area (Å²) in [6.45, 7) is 0.463. The zero-order chi connectivity index (χ0) is 14.4. The minimum atomic E-state index is -3.53. The summed E-state index contributed by atoms with van der Waals surface area (Å²) in [5.74, 6) is -0.524. The molecule has 4 nitrogen and oxygen atoms in total. The number of sulfone groups is 1. The molecule has 3 rings (SSSR count). The fourth-order valence-electron chi connectivity index (χ4n) is 3.13. The monoisotopic (exact) mass is 299 g/mol. The maximum Gasteiger partial charge on any atom is 0.183 e. The van der Waals surface area contributed by atoms with Crippen LogP contribution < -0.4 is 5.73 Å². The molecule has 110 valence electrons. The van der Waals surface area contributed by atoms with E-state index in [1.165, 1.54) is 6.07 Å². The number of nitrogens with two attached hydrogens (primary N) is 1. The highest BCUT2D eigenvalue weighted by atomic mass is 32.2. The average molecular weight is 299 g/mol. The first-order chi connectivity index (χ1) is 9.43. The predicted octanol–water partition coefficient (Wildman–Crippen LogP) is 2.28. The quantitative estimate of drug-likeness (QED) is 0.672. The third-order valence-electron chi connectivity index (χ3n) is 4.43. The Morgan fingerprint density at radius 1 is 1.35 bits per heavy atom. The number of halogens is 1. The maximum absolute atomic E-state index is 13.1. The molecule has 1 saturated heterocycles. The minimum Gasteiger partial charge on any atom is -0.398 e. The fraction of sp³-hybridized carbons (Fsp3) is 0.571. The molecule has 1 aromatic rings. The number of benzene rings is 1. The summed E-state index contributed by atoms with van der Waals surface area (Å²) in [4.78, 5) is 0.0419. The van der Waals surface area contributed by atoms with E-state index in [-0.39, 0.29) is 16.2 Å². The van der Waals surface area contributed by atoms with Crippen LogP contribution in [0.4, 0.5) is 10.1 Å². The van der Waals surface area contributed by atoms with Gasteiger partial charge in [-0.2, -0.15) is 0 Å². The Bertz CT molecular complexity index is 625. The van der Waals surface area contributed by atoms with Crippen molar-refractivity contribution < 1.29 is 17.5 Å². The highest BCUT2D eigenvalue weighted by Crippen LogP contribution is 2.45. The topological polar surface area (TPSA) is 69.4 Å². The van der Waals surface area contributed by atoms with Crippen LogP contribution >= 0.6 is 0 Å². The standard InChI is InChI=1S/C14H18FNO3S/c15-10-2-3-13(12(16)8-10)20(17,18)11-4-7-19-14(9-11)5-1-6-14/h2-3,8,11H,1,4-7,9,16H2. The van der Waals surface area contributed by atoms with E-state index < -0.39 is 20.9 Å². The van der Waals surface area contributed by atoms with Crippen molar-refractivity contribution in [3.63, 3.8) is 0 Å². The van der Waals surface area contributed by atoms with Crippen LogP contribution in [0.25, 0.3) is 0 Å². The van der Waals surface area contributed by atoms with Gasteiger partial charge in [-0.3, -0.25) is 0 Å². The van der Waals surface area contributed by atoms with E-state index in [1.54, 1.807) is 0 Å². The molecule has 0 radical (unpaired) electrons. The molecule has 2 fully saturated rings. The largest absolute Gasteiger partial charge is 0.398 e. The number of ether oxygens (including phenoxy) is 1. The van der Waals surface area contributed by atoms with Crippen molar-refractivity contribution in [1.29, 1.82) is 0 Å². The lowest BCUT2D eigenvalue weighted by atomic mass is 9.75. The van der Waals surface area contributed by atoms with E-state index in [9.17, 15) is 12.8 Å². The van der Waals surface area contributed by atoms with Crippen LogP contribution in [-0.2, 0) is 14.6 Å². The van der Waals surface area contributed by atoms with Crippen LogP contribution in [0.5, 0.6) is 0 Å². The summed E-state index contributed by atoms with van der Waals surface area (Å²) in [5, 5.41) is -0.482. The molecule has 1 unspecified atom stereocenters. The van der Waals surface area contributed by atoms with Gasteiger partial charge in [0.05, 0.1) is 21.4 Å². The molecule has 20 heavy (non-hydrogen) atoms. The Hall–Kier alpha value is -1.14. The zero-order valence-electron chi connectivity index (χ0n) is 11.1. The summed E-state index contributed by atoms with van der Waals surface area (Å²) in [6.07, 6.45) is 3.94. The molecule has 1 aromatic carbocycles. The molecule has 1 spiro atoms. The molecule has 0 aromatic heterocycles. The number of hydrogen-bond donors (Lipinski definition) is 1. The number of hydrogen-bond acceptors (Lipinski definition) is 4. The zero-order valence-corrected chi connectivity index (χ0v) is 12.0. The molecular weight excluding hydrogens is 281 g/mol. The molecule has 1 atom stereocenters. The molecular formula is C14H18FNO3S. The smallest absolute Gasteiger partial charge is 0.183 e. The van der Waals surface area contributed by atoms with E-state index in [0.29, 0.717) is 19.4 Å². The van der Waals surface area contributed by atoms with Crippen molar-refractivity contribution in [1.82, 2.24) is 0 Å². The molecule has 1 saturated carbocycles. The molecule has 1 heterocycles. The van der Waals surface area contributed by atoms with Crippen molar-refractivity contribution in [2.45, 2.75) is 47.9 Å². The van der Waals surface area contributed by atoms with Crippen LogP contribution in [0.15, 0.2) is 23.1 Å². The third-order valence-corrected chi connectivity index (χ3v) is 6.69. The minimum absolute atomic E-state index is 0.0147. The molecule has 0 bridgehead atoms. The van der Waals surface area contributed by atoms with Crippen molar-refractivity contribution in [3.05, 3.63) is 24.0 Å². The summed E-state index contributed by atoms with van der Waals surface area (Å²) < 4.78 is 44.2. The average Bonchev–Trinajstić information content (AvgIpc) is 2.36. The Morgan fingerprint density at radius 2 is 2.10 bits per heavy atom. The lowest BCUT2D eigenvalue weighted by Gasteiger charge is -2.46. The van der Waals surface area contributed by atoms with E-state index in [4.69, 9.17) is 10.5 Å². The molecule has 2 N–H and O–H groups in total. The van der Waals surface area contributed by atoms with E-state index in [2.05, 4.69) is 0 Å². The molecule has 1 aliphatic carbocycles. The van der Waals surface area contributed by atoms with Crippen molar-refractivity contribution in [2.75, 3.05) is 12.3 Å². The molecule has 0 amide bonds.